The Kier molecular flexibility index (Phi) is 6.32. The van der Waals surface area contributed by atoms with Gasteiger partial charge in [0.15, 0.2) is 0 Å². The maximum Gasteiger partial charge on any atom is 0.418 e. The van der Waals surface area contributed by atoms with Crippen molar-refractivity contribution < 1.29 is 33.4 Å². The maximum absolute atomic E-state index is 13.5. The van der Waals surface area contributed by atoms with Gasteiger partial charge in [-0.2, -0.15) is 0 Å². The molecule has 2 aromatic rings. The molecule has 0 bridgehead atoms. The third-order valence-electron chi connectivity index (χ3n) is 7.25. The highest BCUT2D eigenvalue weighted by atomic mass is 19.1. The molecular formula is C26H27FN4O6. The predicted octanol–water partition coefficient (Wildman–Crippen LogP) is 2.25. The summed E-state index contributed by atoms with van der Waals surface area (Å²) in [5.74, 6) is -1.47. The van der Waals surface area contributed by atoms with Crippen LogP contribution in [0.2, 0.25) is 0 Å². The van der Waals surface area contributed by atoms with Crippen molar-refractivity contribution in [1.82, 2.24) is 15.1 Å². The van der Waals surface area contributed by atoms with Crippen molar-refractivity contribution in [2.24, 2.45) is 0 Å². The number of fused-ring (bicyclic) bond motifs is 2. The Labute approximate surface area is 212 Å². The molecule has 1 atom stereocenters. The van der Waals surface area contributed by atoms with Gasteiger partial charge in [-0.15, -0.1) is 0 Å². The Morgan fingerprint density at radius 2 is 1.92 bits per heavy atom. The molecule has 5 rings (SSSR count). The van der Waals surface area contributed by atoms with Gasteiger partial charge in [-0.05, 0) is 54.7 Å². The molecule has 0 aromatic heterocycles. The zero-order valence-electron chi connectivity index (χ0n) is 20.2. The number of urea groups is 1. The van der Waals surface area contributed by atoms with E-state index in [4.69, 9.17) is 4.74 Å². The number of nitrogens with one attached hydrogen (secondary N) is 2. The fourth-order valence-corrected chi connectivity index (χ4v) is 5.17. The molecule has 37 heavy (non-hydrogen) atoms. The van der Waals surface area contributed by atoms with Gasteiger partial charge in [0.25, 0.3) is 5.91 Å². The van der Waals surface area contributed by atoms with E-state index < -0.39 is 42.0 Å². The van der Waals surface area contributed by atoms with Crippen molar-refractivity contribution in [3.63, 3.8) is 0 Å². The lowest BCUT2D eigenvalue weighted by molar-refractivity contribution is -0.145. The summed E-state index contributed by atoms with van der Waals surface area (Å²) in [6.07, 6.45) is 0.0390. The SMILES string of the molecule is CNC(=O)Nc1ccc2c(c1)CC[C@@]21OC(=O)N(CC(=O)N(Cc2ccc(F)cc2)C2CC(O)C2)C1=O. The number of nitrogens with zero attached hydrogens (tertiary/aromatic N) is 2. The molecule has 194 valence electrons. The number of carbonyl (C=O) groups is 4. The Morgan fingerprint density at radius 3 is 2.59 bits per heavy atom. The third-order valence-corrected chi connectivity index (χ3v) is 7.25. The minimum Gasteiger partial charge on any atom is -0.427 e. The molecule has 1 aliphatic heterocycles. The Morgan fingerprint density at radius 1 is 1.19 bits per heavy atom. The summed E-state index contributed by atoms with van der Waals surface area (Å²) in [4.78, 5) is 53.7. The Hall–Kier alpha value is -3.99. The molecule has 3 aliphatic rings. The molecule has 2 fully saturated rings. The first kappa shape index (κ1) is 24.7. The lowest BCUT2D eigenvalue weighted by Crippen LogP contribution is -2.53. The average molecular weight is 511 g/mol. The summed E-state index contributed by atoms with van der Waals surface area (Å²) in [5.41, 5.74) is 1.03. The normalized spacial score (nSPS) is 23.9. The van der Waals surface area contributed by atoms with Crippen molar-refractivity contribution in [1.29, 1.82) is 0 Å². The van der Waals surface area contributed by atoms with Crippen molar-refractivity contribution in [2.75, 3.05) is 18.9 Å². The zero-order chi connectivity index (χ0) is 26.3. The van der Waals surface area contributed by atoms with Crippen LogP contribution in [0.5, 0.6) is 0 Å². The number of halogens is 1. The summed E-state index contributed by atoms with van der Waals surface area (Å²) in [5, 5.41) is 14.9. The van der Waals surface area contributed by atoms with Crippen LogP contribution in [-0.4, -0.2) is 64.6 Å². The molecule has 0 radical (unpaired) electrons. The fraction of sp³-hybridized carbons (Fsp3) is 0.385. The molecule has 1 heterocycles. The van der Waals surface area contributed by atoms with Crippen LogP contribution >= 0.6 is 0 Å². The van der Waals surface area contributed by atoms with E-state index in [1.54, 1.807) is 30.3 Å². The van der Waals surface area contributed by atoms with E-state index in [-0.39, 0.29) is 25.0 Å². The second-order valence-electron chi connectivity index (χ2n) is 9.59. The van der Waals surface area contributed by atoms with Crippen LogP contribution in [0.3, 0.4) is 0 Å². The van der Waals surface area contributed by atoms with Crippen molar-refractivity contribution in [3.05, 3.63) is 65.0 Å². The van der Waals surface area contributed by atoms with Crippen LogP contribution in [0, 0.1) is 5.82 Å². The van der Waals surface area contributed by atoms with Crippen LogP contribution in [0.4, 0.5) is 19.7 Å². The number of aliphatic hydroxyl groups excluding tert-OH is 1. The first-order valence-corrected chi connectivity index (χ1v) is 12.1. The van der Waals surface area contributed by atoms with Gasteiger partial charge < -0.3 is 25.4 Å². The number of hydrogen-bond donors (Lipinski definition) is 3. The molecular weight excluding hydrogens is 483 g/mol. The van der Waals surface area contributed by atoms with E-state index in [0.717, 1.165) is 10.5 Å². The van der Waals surface area contributed by atoms with E-state index in [1.807, 2.05) is 0 Å². The minimum absolute atomic E-state index is 0.155. The monoisotopic (exact) mass is 510 g/mol. The topological polar surface area (TPSA) is 128 Å². The number of carbonyl (C=O) groups excluding carboxylic acids is 4. The number of amides is 5. The summed E-state index contributed by atoms with van der Waals surface area (Å²) >= 11 is 0. The van der Waals surface area contributed by atoms with Crippen LogP contribution in [0.25, 0.3) is 0 Å². The van der Waals surface area contributed by atoms with E-state index in [2.05, 4.69) is 10.6 Å². The van der Waals surface area contributed by atoms with Crippen LogP contribution in [0.1, 0.15) is 36.0 Å². The molecule has 0 unspecified atom stereocenters. The number of hydrogen-bond acceptors (Lipinski definition) is 6. The number of imide groups is 1. The average Bonchev–Trinajstić information content (AvgIpc) is 3.33. The van der Waals surface area contributed by atoms with E-state index in [0.29, 0.717) is 36.1 Å². The molecule has 1 saturated heterocycles. The highest BCUT2D eigenvalue weighted by molar-refractivity contribution is 6.06. The Bertz CT molecular complexity index is 1260. The lowest BCUT2D eigenvalue weighted by atomic mass is 9.87. The second-order valence-corrected chi connectivity index (χ2v) is 9.59. The smallest absolute Gasteiger partial charge is 0.418 e. The molecule has 11 heteroatoms. The molecule has 1 spiro atoms. The molecule has 5 amide bonds. The van der Waals surface area contributed by atoms with Crippen molar-refractivity contribution in [2.45, 2.75) is 50.0 Å². The molecule has 2 aliphatic carbocycles. The van der Waals surface area contributed by atoms with E-state index in [1.165, 1.54) is 24.1 Å². The number of aliphatic hydroxyl groups is 1. The lowest BCUT2D eigenvalue weighted by Gasteiger charge is -2.41. The molecule has 1 saturated carbocycles. The van der Waals surface area contributed by atoms with Crippen molar-refractivity contribution >= 4 is 29.6 Å². The summed E-state index contributed by atoms with van der Waals surface area (Å²) in [6.45, 7) is -0.346. The third kappa shape index (κ3) is 4.50. The van der Waals surface area contributed by atoms with Gasteiger partial charge in [0.2, 0.25) is 11.5 Å². The number of benzene rings is 2. The van der Waals surface area contributed by atoms with E-state index >= 15 is 0 Å². The van der Waals surface area contributed by atoms with E-state index in [9.17, 15) is 28.7 Å². The predicted molar refractivity (Wildman–Crippen MR) is 129 cm³/mol. The molecule has 3 N–H and O–H groups in total. The standard InChI is InChI=1S/C26H27FN4O6/c1-28-24(35)29-18-6-7-21-16(10-18)8-9-26(21)23(34)31(25(36)37-26)14-22(33)30(19-11-20(32)12-19)13-15-2-4-17(27)5-3-15/h2-7,10,19-20,32H,8-9,11-14H2,1H3,(H2,28,29,35)/t19?,20?,26-/m1/s1. The zero-order valence-corrected chi connectivity index (χ0v) is 20.2. The highest BCUT2D eigenvalue weighted by Crippen LogP contribution is 2.46. The second kappa shape index (κ2) is 9.47. The highest BCUT2D eigenvalue weighted by Gasteiger charge is 2.58. The number of anilines is 1. The van der Waals surface area contributed by atoms with Gasteiger partial charge >= 0.3 is 12.1 Å². The maximum atomic E-state index is 13.5. The van der Waals surface area contributed by atoms with Gasteiger partial charge in [-0.1, -0.05) is 18.2 Å². The quantitative estimate of drug-likeness (QED) is 0.547. The largest absolute Gasteiger partial charge is 0.427 e. The number of ether oxygens (including phenoxy) is 1. The number of aryl methyl sites for hydroxylation is 1. The minimum atomic E-state index is -1.51. The van der Waals surface area contributed by atoms with Crippen LogP contribution in [0.15, 0.2) is 42.5 Å². The van der Waals surface area contributed by atoms with Gasteiger partial charge in [0.05, 0.1) is 6.10 Å². The first-order valence-electron chi connectivity index (χ1n) is 12.1. The van der Waals surface area contributed by atoms with Crippen LogP contribution < -0.4 is 10.6 Å². The molecule has 10 nitrogen and oxygen atoms in total. The van der Waals surface area contributed by atoms with Crippen molar-refractivity contribution in [3.8, 4) is 0 Å². The molecule has 2 aromatic carbocycles. The summed E-state index contributed by atoms with van der Waals surface area (Å²) in [6, 6.07) is 10.1. The Balaban J connectivity index is 1.34. The first-order chi connectivity index (χ1) is 17.7. The van der Waals surface area contributed by atoms with Gasteiger partial charge in [0, 0.05) is 37.3 Å². The fourth-order valence-electron chi connectivity index (χ4n) is 5.17. The van der Waals surface area contributed by atoms with Gasteiger partial charge in [-0.3, -0.25) is 9.59 Å². The van der Waals surface area contributed by atoms with Gasteiger partial charge in [-0.25, -0.2) is 18.9 Å². The summed E-state index contributed by atoms with van der Waals surface area (Å²) < 4.78 is 19.0. The van der Waals surface area contributed by atoms with Crippen LogP contribution in [-0.2, 0) is 32.9 Å². The van der Waals surface area contributed by atoms with Gasteiger partial charge in [0.1, 0.15) is 12.4 Å². The summed E-state index contributed by atoms with van der Waals surface area (Å²) in [7, 11) is 1.50. The number of rotatable bonds is 6.